The van der Waals surface area contributed by atoms with Crippen LogP contribution in [-0.2, 0) is 4.74 Å². The Morgan fingerprint density at radius 2 is 2.11 bits per heavy atom. The second kappa shape index (κ2) is 8.50. The Balaban J connectivity index is 2.27. The van der Waals surface area contributed by atoms with Crippen LogP contribution in [0, 0.1) is 5.92 Å². The van der Waals surface area contributed by atoms with Crippen molar-refractivity contribution in [2.45, 2.75) is 20.3 Å². The number of carbonyl (C=O) groups excluding carboxylic acids is 1. The molecule has 5 nitrogen and oxygen atoms in total. The summed E-state index contributed by atoms with van der Waals surface area (Å²) >= 11 is 0. The molecule has 0 spiro atoms. The van der Waals surface area contributed by atoms with Crippen molar-refractivity contribution in [2.75, 3.05) is 19.8 Å². The molecule has 0 heterocycles. The molecule has 0 bridgehead atoms. The van der Waals surface area contributed by atoms with Crippen molar-refractivity contribution in [3.8, 4) is 5.75 Å². The highest BCUT2D eigenvalue weighted by Gasteiger charge is 2.04. The molecule has 0 aliphatic rings. The van der Waals surface area contributed by atoms with Crippen LogP contribution < -0.4 is 16.0 Å². The Kier molecular flexibility index (Phi) is 6.92. The van der Waals surface area contributed by atoms with E-state index in [2.05, 4.69) is 19.3 Å². The molecule has 5 heteroatoms. The number of nitrogens with two attached hydrogens (primary N) is 1. The first-order valence-electron chi connectivity index (χ1n) is 6.45. The van der Waals surface area contributed by atoms with E-state index in [1.165, 1.54) is 0 Å². The predicted molar refractivity (Wildman–Crippen MR) is 73.9 cm³/mol. The molecule has 0 fully saturated rings. The fourth-order valence-electron chi connectivity index (χ4n) is 1.45. The van der Waals surface area contributed by atoms with E-state index >= 15 is 0 Å². The fourth-order valence-corrected chi connectivity index (χ4v) is 1.45. The SMILES string of the molecule is CC(C)CCOCCOc1cccc(C(=O)NN)c1. The molecule has 1 aromatic rings. The van der Waals surface area contributed by atoms with Crippen LogP contribution in [0.25, 0.3) is 0 Å². The summed E-state index contributed by atoms with van der Waals surface area (Å²) in [6, 6.07) is 6.87. The van der Waals surface area contributed by atoms with E-state index in [1.807, 2.05) is 0 Å². The Morgan fingerprint density at radius 3 is 2.79 bits per heavy atom. The lowest BCUT2D eigenvalue weighted by Crippen LogP contribution is -2.29. The molecule has 1 aromatic carbocycles. The summed E-state index contributed by atoms with van der Waals surface area (Å²) in [7, 11) is 0. The summed E-state index contributed by atoms with van der Waals surface area (Å²) in [5.41, 5.74) is 2.56. The van der Waals surface area contributed by atoms with Gasteiger partial charge in [0.2, 0.25) is 0 Å². The summed E-state index contributed by atoms with van der Waals surface area (Å²) < 4.78 is 10.9. The van der Waals surface area contributed by atoms with Crippen LogP contribution in [0.1, 0.15) is 30.6 Å². The van der Waals surface area contributed by atoms with Crippen LogP contribution in [0.2, 0.25) is 0 Å². The number of nitrogens with one attached hydrogen (secondary N) is 1. The number of ether oxygens (including phenoxy) is 2. The number of rotatable bonds is 8. The van der Waals surface area contributed by atoms with Crippen LogP contribution in [0.4, 0.5) is 0 Å². The van der Waals surface area contributed by atoms with E-state index in [4.69, 9.17) is 15.3 Å². The average Bonchev–Trinajstić information content (AvgIpc) is 2.41. The van der Waals surface area contributed by atoms with E-state index in [-0.39, 0.29) is 5.91 Å². The third-order valence-corrected chi connectivity index (χ3v) is 2.56. The zero-order valence-corrected chi connectivity index (χ0v) is 11.5. The number of carbonyl (C=O) groups is 1. The molecule has 0 aliphatic heterocycles. The number of amides is 1. The van der Waals surface area contributed by atoms with Crippen molar-refractivity contribution in [1.82, 2.24) is 5.43 Å². The van der Waals surface area contributed by atoms with E-state index in [0.29, 0.717) is 30.4 Å². The lowest BCUT2D eigenvalue weighted by molar-refractivity contribution is 0.0922. The van der Waals surface area contributed by atoms with Crippen LogP contribution >= 0.6 is 0 Å². The highest BCUT2D eigenvalue weighted by atomic mass is 16.5. The zero-order valence-electron chi connectivity index (χ0n) is 11.5. The highest BCUT2D eigenvalue weighted by Crippen LogP contribution is 2.13. The minimum Gasteiger partial charge on any atom is -0.491 e. The maximum atomic E-state index is 11.3. The minimum absolute atomic E-state index is 0.335. The second-order valence-electron chi connectivity index (χ2n) is 4.64. The number of nitrogen functional groups attached to an aromatic ring is 1. The van der Waals surface area contributed by atoms with Gasteiger partial charge in [-0.05, 0) is 30.5 Å². The number of hydrogen-bond donors (Lipinski definition) is 2. The summed E-state index contributed by atoms with van der Waals surface area (Å²) in [5.74, 6) is 6.02. The molecular weight excluding hydrogens is 244 g/mol. The molecule has 0 atom stereocenters. The van der Waals surface area contributed by atoms with Gasteiger partial charge >= 0.3 is 0 Å². The molecule has 0 saturated carbocycles. The smallest absolute Gasteiger partial charge is 0.265 e. The molecule has 106 valence electrons. The fraction of sp³-hybridized carbons (Fsp3) is 0.500. The van der Waals surface area contributed by atoms with Gasteiger partial charge in [-0.2, -0.15) is 0 Å². The van der Waals surface area contributed by atoms with Crippen LogP contribution in [-0.4, -0.2) is 25.7 Å². The van der Waals surface area contributed by atoms with Crippen molar-refractivity contribution >= 4 is 5.91 Å². The van der Waals surface area contributed by atoms with E-state index in [0.717, 1.165) is 13.0 Å². The number of hydrazine groups is 1. The van der Waals surface area contributed by atoms with Crippen LogP contribution in [0.15, 0.2) is 24.3 Å². The summed E-state index contributed by atoms with van der Waals surface area (Å²) in [5, 5.41) is 0. The van der Waals surface area contributed by atoms with Crippen molar-refractivity contribution in [1.29, 1.82) is 0 Å². The minimum atomic E-state index is -0.335. The predicted octanol–water partition coefficient (Wildman–Crippen LogP) is 1.73. The van der Waals surface area contributed by atoms with Gasteiger partial charge in [0.1, 0.15) is 12.4 Å². The summed E-state index contributed by atoms with van der Waals surface area (Å²) in [6.45, 7) is 6.07. The third kappa shape index (κ3) is 6.22. The van der Waals surface area contributed by atoms with E-state index < -0.39 is 0 Å². The van der Waals surface area contributed by atoms with Gasteiger partial charge in [-0.15, -0.1) is 0 Å². The van der Waals surface area contributed by atoms with Gasteiger partial charge in [0.15, 0.2) is 0 Å². The Labute approximate surface area is 114 Å². The van der Waals surface area contributed by atoms with Crippen molar-refractivity contribution in [3.63, 3.8) is 0 Å². The summed E-state index contributed by atoms with van der Waals surface area (Å²) in [4.78, 5) is 11.3. The molecule has 0 aliphatic carbocycles. The Bertz CT molecular complexity index is 394. The lowest BCUT2D eigenvalue weighted by atomic mass is 10.1. The number of benzene rings is 1. The van der Waals surface area contributed by atoms with Gasteiger partial charge < -0.3 is 9.47 Å². The molecule has 0 unspecified atom stereocenters. The van der Waals surface area contributed by atoms with Crippen LogP contribution in [0.3, 0.4) is 0 Å². The molecule has 1 rings (SSSR count). The molecular formula is C14H22N2O3. The summed E-state index contributed by atoms with van der Waals surface area (Å²) in [6.07, 6.45) is 1.05. The average molecular weight is 266 g/mol. The standard InChI is InChI=1S/C14H22N2O3/c1-11(2)6-7-18-8-9-19-13-5-3-4-12(10-13)14(17)16-15/h3-5,10-11H,6-9,15H2,1-2H3,(H,16,17). The van der Waals surface area contributed by atoms with E-state index in [1.54, 1.807) is 24.3 Å². The Hall–Kier alpha value is -1.59. The molecule has 1 amide bonds. The lowest BCUT2D eigenvalue weighted by Gasteiger charge is -2.09. The largest absolute Gasteiger partial charge is 0.491 e. The van der Waals surface area contributed by atoms with Crippen molar-refractivity contribution in [2.24, 2.45) is 11.8 Å². The normalized spacial score (nSPS) is 10.5. The zero-order chi connectivity index (χ0) is 14.1. The maximum absolute atomic E-state index is 11.3. The third-order valence-electron chi connectivity index (χ3n) is 2.56. The monoisotopic (exact) mass is 266 g/mol. The Morgan fingerprint density at radius 1 is 1.32 bits per heavy atom. The molecule has 19 heavy (non-hydrogen) atoms. The topological polar surface area (TPSA) is 73.6 Å². The van der Waals surface area contributed by atoms with Crippen molar-refractivity contribution in [3.05, 3.63) is 29.8 Å². The van der Waals surface area contributed by atoms with Gasteiger partial charge in [-0.25, -0.2) is 5.84 Å². The first kappa shape index (κ1) is 15.5. The van der Waals surface area contributed by atoms with Crippen LogP contribution in [0.5, 0.6) is 5.75 Å². The molecule has 3 N–H and O–H groups in total. The van der Waals surface area contributed by atoms with E-state index in [9.17, 15) is 4.79 Å². The van der Waals surface area contributed by atoms with Crippen molar-refractivity contribution < 1.29 is 14.3 Å². The van der Waals surface area contributed by atoms with Gasteiger partial charge in [-0.3, -0.25) is 10.2 Å². The highest BCUT2D eigenvalue weighted by molar-refractivity contribution is 5.94. The maximum Gasteiger partial charge on any atom is 0.265 e. The molecule has 0 radical (unpaired) electrons. The quantitative estimate of drug-likeness (QED) is 0.325. The number of hydrogen-bond acceptors (Lipinski definition) is 4. The van der Waals surface area contributed by atoms with Gasteiger partial charge in [-0.1, -0.05) is 19.9 Å². The van der Waals surface area contributed by atoms with Gasteiger partial charge in [0.05, 0.1) is 6.61 Å². The molecule has 0 saturated heterocycles. The molecule has 0 aromatic heterocycles. The van der Waals surface area contributed by atoms with Gasteiger partial charge in [0.25, 0.3) is 5.91 Å². The van der Waals surface area contributed by atoms with Gasteiger partial charge in [0, 0.05) is 12.2 Å². The first-order chi connectivity index (χ1) is 9.13. The second-order valence-corrected chi connectivity index (χ2v) is 4.64. The first-order valence-corrected chi connectivity index (χ1v) is 6.45.